The minimum atomic E-state index is -0.670. The summed E-state index contributed by atoms with van der Waals surface area (Å²) in [5, 5.41) is 15.5. The molecule has 5 rings (SSSR count). The van der Waals surface area contributed by atoms with Crippen LogP contribution in [0.2, 0.25) is 0 Å². The van der Waals surface area contributed by atoms with Crippen molar-refractivity contribution in [2.45, 2.75) is 6.23 Å². The quantitative estimate of drug-likeness (QED) is 0.773. The highest BCUT2D eigenvalue weighted by atomic mass is 16.3. The third-order valence-electron chi connectivity index (χ3n) is 4.65. The molecule has 2 aliphatic rings. The summed E-state index contributed by atoms with van der Waals surface area (Å²) in [4.78, 5) is 0. The second-order valence-corrected chi connectivity index (χ2v) is 6.16. The second-order valence-electron chi connectivity index (χ2n) is 6.16. The fourth-order valence-corrected chi connectivity index (χ4v) is 3.49. The van der Waals surface area contributed by atoms with E-state index in [2.05, 4.69) is 41.1 Å². The van der Waals surface area contributed by atoms with Gasteiger partial charge in [0, 0.05) is 23.5 Å². The third-order valence-corrected chi connectivity index (χ3v) is 4.65. The van der Waals surface area contributed by atoms with Gasteiger partial charge in [0.25, 0.3) is 0 Å². The van der Waals surface area contributed by atoms with Gasteiger partial charge in [-0.3, -0.25) is 5.01 Å². The van der Waals surface area contributed by atoms with Crippen molar-refractivity contribution in [3.8, 4) is 5.69 Å². The minimum absolute atomic E-state index is 0.670. The van der Waals surface area contributed by atoms with Gasteiger partial charge in [-0.1, -0.05) is 24.3 Å². The van der Waals surface area contributed by atoms with Crippen molar-refractivity contribution in [2.75, 3.05) is 5.01 Å². The van der Waals surface area contributed by atoms with Gasteiger partial charge in [0.15, 0.2) is 6.23 Å². The number of fused-ring (bicyclic) bond motifs is 2. The summed E-state index contributed by atoms with van der Waals surface area (Å²) in [6.45, 7) is 0. The molecule has 1 atom stereocenters. The first-order valence-corrected chi connectivity index (χ1v) is 8.31. The van der Waals surface area contributed by atoms with E-state index in [9.17, 15) is 5.11 Å². The average molecular weight is 327 g/mol. The Balaban J connectivity index is 1.56. The maximum absolute atomic E-state index is 10.5. The van der Waals surface area contributed by atoms with Crippen LogP contribution in [-0.2, 0) is 0 Å². The predicted octanol–water partition coefficient (Wildman–Crippen LogP) is 3.95. The molecule has 1 unspecified atom stereocenters. The lowest BCUT2D eigenvalue weighted by Gasteiger charge is -2.33. The van der Waals surface area contributed by atoms with Crippen LogP contribution in [0, 0.1) is 0 Å². The van der Waals surface area contributed by atoms with Crippen molar-refractivity contribution in [3.63, 3.8) is 0 Å². The Labute approximate surface area is 145 Å². The maximum Gasteiger partial charge on any atom is 0.167 e. The van der Waals surface area contributed by atoms with Crippen molar-refractivity contribution in [2.24, 2.45) is 0 Å². The zero-order chi connectivity index (χ0) is 16.8. The molecule has 2 aliphatic heterocycles. The first kappa shape index (κ1) is 14.1. The van der Waals surface area contributed by atoms with E-state index < -0.39 is 6.23 Å². The molecular formula is C21H17N3O. The maximum atomic E-state index is 10.5. The number of anilines is 1. The first-order chi connectivity index (χ1) is 12.3. The van der Waals surface area contributed by atoms with E-state index in [0.717, 1.165) is 28.0 Å². The number of aromatic nitrogens is 1. The number of hydrogen-bond donors (Lipinski definition) is 1. The molecule has 4 nitrogen and oxygen atoms in total. The van der Waals surface area contributed by atoms with Crippen LogP contribution in [0.3, 0.4) is 0 Å². The van der Waals surface area contributed by atoms with Crippen LogP contribution in [0.4, 0.5) is 5.69 Å². The van der Waals surface area contributed by atoms with Crippen molar-refractivity contribution in [3.05, 3.63) is 97.0 Å². The fourth-order valence-electron chi connectivity index (χ4n) is 3.49. The lowest BCUT2D eigenvalue weighted by Crippen LogP contribution is -2.39. The Kier molecular flexibility index (Phi) is 3.05. The fraction of sp³-hybridized carbons (Fsp3) is 0.0476. The highest BCUT2D eigenvalue weighted by Crippen LogP contribution is 2.33. The van der Waals surface area contributed by atoms with E-state index in [1.54, 1.807) is 0 Å². The van der Waals surface area contributed by atoms with Crippen molar-refractivity contribution in [1.29, 1.82) is 0 Å². The smallest absolute Gasteiger partial charge is 0.167 e. The summed E-state index contributed by atoms with van der Waals surface area (Å²) in [7, 11) is 0. The van der Waals surface area contributed by atoms with Gasteiger partial charge in [-0.05, 0) is 54.6 Å². The average Bonchev–Trinajstić information content (AvgIpc) is 3.21. The number of nitrogens with zero attached hydrogens (tertiary/aromatic N) is 3. The van der Waals surface area contributed by atoms with Gasteiger partial charge in [0.2, 0.25) is 0 Å². The molecule has 0 aliphatic carbocycles. The molecule has 4 heteroatoms. The Morgan fingerprint density at radius 1 is 0.880 bits per heavy atom. The standard InChI is InChI=1S/C21H17N3O/c25-21-15-18-8-4-5-12-23(18)24(21)19-9-10-20-16(14-19)11-13-22(20)17-6-2-1-3-7-17/h1-15,21,25H. The second kappa shape index (κ2) is 5.40. The van der Waals surface area contributed by atoms with E-state index in [0.29, 0.717) is 0 Å². The van der Waals surface area contributed by atoms with Crippen LogP contribution >= 0.6 is 0 Å². The lowest BCUT2D eigenvalue weighted by molar-refractivity contribution is 0.189. The van der Waals surface area contributed by atoms with Crippen LogP contribution in [0.1, 0.15) is 0 Å². The predicted molar refractivity (Wildman–Crippen MR) is 100.0 cm³/mol. The van der Waals surface area contributed by atoms with Gasteiger partial charge < -0.3 is 9.67 Å². The minimum Gasteiger partial charge on any atom is -0.368 e. The van der Waals surface area contributed by atoms with Crippen molar-refractivity contribution >= 4 is 16.6 Å². The molecule has 2 aromatic carbocycles. The summed E-state index contributed by atoms with van der Waals surface area (Å²) >= 11 is 0. The zero-order valence-electron chi connectivity index (χ0n) is 13.5. The number of aliphatic hydroxyl groups is 1. The van der Waals surface area contributed by atoms with E-state index in [4.69, 9.17) is 0 Å². The topological polar surface area (TPSA) is 31.6 Å². The van der Waals surface area contributed by atoms with Gasteiger partial charge in [0.1, 0.15) is 0 Å². The summed E-state index contributed by atoms with van der Waals surface area (Å²) in [6, 6.07) is 18.7. The molecular weight excluding hydrogens is 310 g/mol. The summed E-state index contributed by atoms with van der Waals surface area (Å²) in [5.74, 6) is 0. The zero-order valence-corrected chi connectivity index (χ0v) is 13.5. The van der Waals surface area contributed by atoms with Crippen LogP contribution in [0.25, 0.3) is 16.6 Å². The highest BCUT2D eigenvalue weighted by molar-refractivity contribution is 5.85. The van der Waals surface area contributed by atoms with E-state index in [-0.39, 0.29) is 0 Å². The van der Waals surface area contributed by atoms with Gasteiger partial charge in [-0.25, -0.2) is 5.01 Å². The molecule has 0 saturated heterocycles. The number of hydrogen-bond acceptors (Lipinski definition) is 3. The summed E-state index contributed by atoms with van der Waals surface area (Å²) < 4.78 is 2.17. The number of para-hydroxylation sites is 1. The molecule has 1 aromatic heterocycles. The molecule has 25 heavy (non-hydrogen) atoms. The van der Waals surface area contributed by atoms with Crippen molar-refractivity contribution in [1.82, 2.24) is 9.58 Å². The van der Waals surface area contributed by atoms with Crippen LogP contribution in [0.15, 0.2) is 97.0 Å². The van der Waals surface area contributed by atoms with Crippen LogP contribution in [-0.4, -0.2) is 20.9 Å². The first-order valence-electron chi connectivity index (χ1n) is 8.31. The van der Waals surface area contributed by atoms with Gasteiger partial charge in [-0.2, -0.15) is 0 Å². The number of hydrazine groups is 1. The normalized spacial score (nSPS) is 18.8. The molecule has 3 aromatic rings. The third kappa shape index (κ3) is 2.19. The Hall–Kier alpha value is -3.24. The Bertz CT molecular complexity index is 1030. The number of benzene rings is 2. The number of allylic oxidation sites excluding steroid dienone is 3. The molecule has 0 bridgehead atoms. The molecule has 0 amide bonds. The van der Waals surface area contributed by atoms with Gasteiger partial charge >= 0.3 is 0 Å². The van der Waals surface area contributed by atoms with Crippen LogP contribution in [0.5, 0.6) is 0 Å². The Morgan fingerprint density at radius 3 is 2.64 bits per heavy atom. The molecule has 0 radical (unpaired) electrons. The summed E-state index contributed by atoms with van der Waals surface area (Å²) in [5.41, 5.74) is 4.22. The highest BCUT2D eigenvalue weighted by Gasteiger charge is 2.29. The molecule has 122 valence electrons. The number of rotatable bonds is 2. The molecule has 0 fully saturated rings. The lowest BCUT2D eigenvalue weighted by atomic mass is 10.2. The van der Waals surface area contributed by atoms with Crippen LogP contribution < -0.4 is 5.01 Å². The van der Waals surface area contributed by atoms with Gasteiger partial charge in [0.05, 0.1) is 16.9 Å². The largest absolute Gasteiger partial charge is 0.368 e. The summed E-state index contributed by atoms with van der Waals surface area (Å²) in [6.07, 6.45) is 11.1. The SMILES string of the molecule is OC1C=C2C=CC=CN2N1c1ccc2c(ccn2-c2ccccc2)c1. The van der Waals surface area contributed by atoms with E-state index in [1.165, 1.54) is 0 Å². The molecule has 3 heterocycles. The van der Waals surface area contributed by atoms with E-state index >= 15 is 0 Å². The van der Waals surface area contributed by atoms with Crippen molar-refractivity contribution < 1.29 is 5.11 Å². The van der Waals surface area contributed by atoms with Gasteiger partial charge in [-0.15, -0.1) is 0 Å². The van der Waals surface area contributed by atoms with E-state index in [1.807, 2.05) is 64.8 Å². The monoisotopic (exact) mass is 327 g/mol. The molecule has 0 spiro atoms. The molecule has 1 N–H and O–H groups in total. The Morgan fingerprint density at radius 2 is 1.76 bits per heavy atom. The number of aliphatic hydroxyl groups excluding tert-OH is 1. The molecule has 0 saturated carbocycles.